The second-order valence-corrected chi connectivity index (χ2v) is 13.1. The number of ether oxygens (including phenoxy) is 4. The highest BCUT2D eigenvalue weighted by Crippen LogP contribution is 2.63. The Bertz CT molecular complexity index is 1160. The summed E-state index contributed by atoms with van der Waals surface area (Å²) in [5.41, 5.74) is 0. The average molecular weight is 763 g/mol. The van der Waals surface area contributed by atoms with Crippen LogP contribution < -0.4 is 0 Å². The van der Waals surface area contributed by atoms with Gasteiger partial charge in [-0.1, -0.05) is 42.0 Å². The van der Waals surface area contributed by atoms with E-state index in [1.807, 2.05) is 0 Å². The molecule has 4 saturated carbocycles. The number of carbonyl (C=O) groups is 8. The second kappa shape index (κ2) is 24.4. The number of rotatable bonds is 9. The zero-order valence-electron chi connectivity index (χ0n) is 28.9. The molecule has 2 heterocycles. The fourth-order valence-corrected chi connectivity index (χ4v) is 8.00. The fraction of sp³-hybridized carbons (Fsp3) is 0.784. The van der Waals surface area contributed by atoms with Crippen molar-refractivity contribution in [3.8, 4) is 0 Å². The average Bonchev–Trinajstić information content (AvgIpc) is 3.90. The number of aliphatic carboxylic acids is 2. The summed E-state index contributed by atoms with van der Waals surface area (Å²) in [7, 11) is 1.35. The molecular weight excluding hydrogens is 700 g/mol. The molecule has 0 radical (unpaired) electrons. The molecule has 2 saturated heterocycles. The van der Waals surface area contributed by atoms with Crippen LogP contribution in [-0.4, -0.2) is 95.1 Å². The maximum absolute atomic E-state index is 12.0. The number of aliphatic hydroxyl groups excluding tert-OH is 2. The Hall–Kier alpha value is -3.92. The van der Waals surface area contributed by atoms with Crippen LogP contribution in [0.15, 0.2) is 0 Å². The topological polar surface area (TPSA) is 254 Å². The number of carboxylic acid groups (broad SMARTS) is 2. The monoisotopic (exact) mass is 762 g/mol. The van der Waals surface area contributed by atoms with Gasteiger partial charge in [0.05, 0.1) is 49.2 Å². The molecule has 0 amide bonds. The first kappa shape index (κ1) is 51.2. The minimum Gasteiger partial charge on any atom is -0.481 e. The van der Waals surface area contributed by atoms with Crippen molar-refractivity contribution in [1.82, 2.24) is 0 Å². The third-order valence-corrected chi connectivity index (χ3v) is 9.97. The molecule has 0 spiro atoms. The van der Waals surface area contributed by atoms with E-state index in [9.17, 15) is 38.7 Å². The molecule has 16 nitrogen and oxygen atoms in total. The van der Waals surface area contributed by atoms with Crippen LogP contribution in [0.25, 0.3) is 0 Å². The van der Waals surface area contributed by atoms with Crippen LogP contribution in [0.5, 0.6) is 0 Å². The van der Waals surface area contributed by atoms with Crippen molar-refractivity contribution in [1.29, 1.82) is 0 Å². The van der Waals surface area contributed by atoms with Crippen molar-refractivity contribution in [3.05, 3.63) is 0 Å². The number of hydrogen-bond acceptors (Lipinski definition) is 14. The molecule has 0 aromatic heterocycles. The number of carbonyl (C=O) groups excluding carboxylic acids is 6. The van der Waals surface area contributed by atoms with Crippen molar-refractivity contribution in [2.24, 2.45) is 59.2 Å². The highest BCUT2D eigenvalue weighted by Gasteiger charge is 2.72. The van der Waals surface area contributed by atoms with Crippen LogP contribution in [-0.2, 0) is 57.3 Å². The second-order valence-electron chi connectivity index (χ2n) is 13.1. The third-order valence-electron chi connectivity index (χ3n) is 9.97. The SMILES string of the molecule is C.C.C.CC(=O)O.CCCCCOC(=O)C1C2CCC(C2)C1C(=O)O.COC(C)=O.O=C1OC(=O)C2C3CC(C12)C1C(=O)OC(=O)C31.OCCCCO. The Labute approximate surface area is 312 Å². The largest absolute Gasteiger partial charge is 0.481 e. The van der Waals surface area contributed by atoms with E-state index in [-0.39, 0.29) is 77.0 Å². The van der Waals surface area contributed by atoms with Gasteiger partial charge >= 0.3 is 41.8 Å². The lowest BCUT2D eigenvalue weighted by Crippen LogP contribution is -2.37. The van der Waals surface area contributed by atoms with Gasteiger partial charge in [0.1, 0.15) is 0 Å². The van der Waals surface area contributed by atoms with E-state index in [0.717, 1.165) is 58.3 Å². The molecule has 0 aromatic rings. The summed E-state index contributed by atoms with van der Waals surface area (Å²) < 4.78 is 18.6. The predicted octanol–water partition coefficient (Wildman–Crippen LogP) is 3.66. The first-order valence-corrected chi connectivity index (χ1v) is 17.0. The number of carboxylic acids is 2. The summed E-state index contributed by atoms with van der Waals surface area (Å²) >= 11 is 0. The molecule has 4 aliphatic carbocycles. The van der Waals surface area contributed by atoms with Gasteiger partial charge in [-0.15, -0.1) is 0 Å². The van der Waals surface area contributed by atoms with Gasteiger partial charge in [-0.05, 0) is 68.6 Å². The van der Waals surface area contributed by atoms with Gasteiger partial charge in [0.2, 0.25) is 0 Å². The molecule has 8 unspecified atom stereocenters. The van der Waals surface area contributed by atoms with Gasteiger partial charge in [0.15, 0.2) is 0 Å². The molecule has 4 bridgehead atoms. The van der Waals surface area contributed by atoms with Crippen LogP contribution in [0.4, 0.5) is 0 Å². The van der Waals surface area contributed by atoms with Crippen LogP contribution in [0.1, 0.15) is 101 Å². The fourth-order valence-electron chi connectivity index (χ4n) is 8.00. The summed E-state index contributed by atoms with van der Waals surface area (Å²) in [6.45, 7) is 5.37. The van der Waals surface area contributed by atoms with E-state index in [0.29, 0.717) is 13.0 Å². The molecule has 2 aliphatic heterocycles. The zero-order valence-corrected chi connectivity index (χ0v) is 28.9. The highest BCUT2D eigenvalue weighted by molar-refractivity contribution is 6.03. The number of cyclic esters (lactones) is 4. The lowest BCUT2D eigenvalue weighted by molar-refractivity contribution is -0.160. The molecular formula is C37H62O16. The number of unbranched alkanes of at least 4 members (excludes halogenated alkanes) is 3. The number of methoxy groups -OCH3 is 1. The van der Waals surface area contributed by atoms with Crippen molar-refractivity contribution >= 4 is 47.8 Å². The van der Waals surface area contributed by atoms with E-state index < -0.39 is 65.4 Å². The summed E-state index contributed by atoms with van der Waals surface area (Å²) in [6.07, 6.45) is 7.87. The van der Waals surface area contributed by atoms with E-state index in [2.05, 4.69) is 21.1 Å². The van der Waals surface area contributed by atoms with Crippen LogP contribution >= 0.6 is 0 Å². The first-order chi connectivity index (χ1) is 23.7. The van der Waals surface area contributed by atoms with Gasteiger partial charge in [-0.3, -0.25) is 38.4 Å². The first-order valence-electron chi connectivity index (χ1n) is 17.0. The molecule has 6 fully saturated rings. The van der Waals surface area contributed by atoms with Gasteiger partial charge in [0, 0.05) is 27.1 Å². The van der Waals surface area contributed by atoms with Crippen LogP contribution in [0, 0.1) is 59.2 Å². The van der Waals surface area contributed by atoms with Crippen molar-refractivity contribution in [2.75, 3.05) is 26.9 Å². The van der Waals surface area contributed by atoms with Crippen molar-refractivity contribution in [3.63, 3.8) is 0 Å². The van der Waals surface area contributed by atoms with E-state index in [4.69, 9.17) is 24.9 Å². The minimum atomic E-state index is -0.833. The number of hydrogen-bond donors (Lipinski definition) is 4. The summed E-state index contributed by atoms with van der Waals surface area (Å²) in [4.78, 5) is 88.1. The minimum absolute atomic E-state index is 0. The Kier molecular flexibility index (Phi) is 23.6. The van der Waals surface area contributed by atoms with Gasteiger partial charge in [-0.25, -0.2) is 0 Å². The lowest BCUT2D eigenvalue weighted by atomic mass is 9.70. The maximum atomic E-state index is 12.0. The quantitative estimate of drug-likeness (QED) is 0.113. The highest BCUT2D eigenvalue weighted by atomic mass is 16.6. The molecule has 0 aromatic carbocycles. The number of esters is 6. The van der Waals surface area contributed by atoms with Crippen molar-refractivity contribution < 1.29 is 77.7 Å². The van der Waals surface area contributed by atoms with Crippen LogP contribution in [0.3, 0.4) is 0 Å². The Morgan fingerprint density at radius 3 is 1.38 bits per heavy atom. The molecule has 53 heavy (non-hydrogen) atoms. The smallest absolute Gasteiger partial charge is 0.317 e. The zero-order chi connectivity index (χ0) is 37.7. The van der Waals surface area contributed by atoms with E-state index >= 15 is 0 Å². The Morgan fingerprint density at radius 2 is 1.06 bits per heavy atom. The molecule has 16 heteroatoms. The third kappa shape index (κ3) is 13.2. The molecule has 306 valence electrons. The Morgan fingerprint density at radius 1 is 0.679 bits per heavy atom. The number of aliphatic hydroxyl groups is 2. The predicted molar refractivity (Wildman–Crippen MR) is 188 cm³/mol. The van der Waals surface area contributed by atoms with Gasteiger partial charge < -0.3 is 39.4 Å². The maximum Gasteiger partial charge on any atom is 0.317 e. The Balaban J connectivity index is 0. The molecule has 6 aliphatic rings. The molecule has 8 atom stereocenters. The summed E-state index contributed by atoms with van der Waals surface area (Å²) in [5, 5.41) is 32.8. The number of fused-ring (bicyclic) bond motifs is 10. The van der Waals surface area contributed by atoms with Crippen LogP contribution in [0.2, 0.25) is 0 Å². The summed E-state index contributed by atoms with van der Waals surface area (Å²) in [5.74, 6) is -7.44. The van der Waals surface area contributed by atoms with E-state index in [1.54, 1.807) is 0 Å². The van der Waals surface area contributed by atoms with Gasteiger partial charge in [0.25, 0.3) is 5.97 Å². The molecule has 6 rings (SSSR count). The standard InChI is InChI=1S/C14H22O4.C11H8O6.C4H10O2.C3H6O2.C2H4O2.3CH4/c1-2-3-4-7-18-14(17)12-10-6-5-9(8-10)11(12)13(15)16;12-8-4-2-1-3(6(4)10(14)16-8)7-5(2)9(13)17-11(7)15;5-3-1-2-4-6;1-3(4)5-2;1-2(3)4;;;/h9-12H,2-8H2,1H3,(H,15,16);2-7H,1H2;5-6H,1-4H2;1-2H3;1H3,(H,3,4);3*1H4. The van der Waals surface area contributed by atoms with Gasteiger partial charge in [-0.2, -0.15) is 0 Å². The summed E-state index contributed by atoms with van der Waals surface area (Å²) in [6, 6.07) is 0. The normalized spacial score (nSPS) is 29.7. The molecule has 4 N–H and O–H groups in total. The van der Waals surface area contributed by atoms with E-state index in [1.165, 1.54) is 14.0 Å². The van der Waals surface area contributed by atoms with Crippen molar-refractivity contribution in [2.45, 2.75) is 101 Å². The lowest BCUT2D eigenvalue weighted by Gasteiger charge is -2.26.